The first-order chi connectivity index (χ1) is 7.35. The van der Waals surface area contributed by atoms with E-state index in [4.69, 9.17) is 11.6 Å². The predicted molar refractivity (Wildman–Crippen MR) is 66.6 cm³/mol. The van der Waals surface area contributed by atoms with E-state index < -0.39 is 0 Å². The number of hydrogen-bond acceptors (Lipinski definition) is 0. The van der Waals surface area contributed by atoms with E-state index in [1.165, 1.54) is 36.8 Å². The molecular formula is C14H19Cl. The van der Waals surface area contributed by atoms with Crippen LogP contribution in [0.2, 0.25) is 0 Å². The first-order valence-electron chi connectivity index (χ1n) is 6.00. The molecule has 1 heteroatoms. The van der Waals surface area contributed by atoms with Gasteiger partial charge >= 0.3 is 0 Å². The van der Waals surface area contributed by atoms with E-state index in [0.717, 1.165) is 11.8 Å². The zero-order valence-corrected chi connectivity index (χ0v) is 10.1. The minimum absolute atomic E-state index is 0.599. The predicted octanol–water partition coefficient (Wildman–Crippen LogP) is 4.37. The summed E-state index contributed by atoms with van der Waals surface area (Å²) in [6.07, 6.45) is 5.15. The van der Waals surface area contributed by atoms with Gasteiger partial charge in [-0.1, -0.05) is 37.6 Å². The number of aryl methyl sites for hydroxylation is 1. The van der Waals surface area contributed by atoms with Gasteiger partial charge in [-0.3, -0.25) is 0 Å². The Morgan fingerprint density at radius 3 is 2.40 bits per heavy atom. The maximum absolute atomic E-state index is 6.04. The van der Waals surface area contributed by atoms with Gasteiger partial charge in [-0.2, -0.15) is 0 Å². The second-order valence-corrected chi connectivity index (χ2v) is 4.90. The highest BCUT2D eigenvalue weighted by Crippen LogP contribution is 2.43. The van der Waals surface area contributed by atoms with Crippen molar-refractivity contribution in [3.8, 4) is 0 Å². The highest BCUT2D eigenvalue weighted by molar-refractivity contribution is 6.18. The number of halogens is 1. The Kier molecular flexibility index (Phi) is 3.69. The van der Waals surface area contributed by atoms with Crippen molar-refractivity contribution >= 4 is 11.6 Å². The molecule has 0 bridgehead atoms. The molecule has 0 radical (unpaired) electrons. The summed E-state index contributed by atoms with van der Waals surface area (Å²) in [6.45, 7) is 2.22. The Morgan fingerprint density at radius 2 is 1.93 bits per heavy atom. The Balaban J connectivity index is 2.07. The summed E-state index contributed by atoms with van der Waals surface area (Å²) in [7, 11) is 0. The topological polar surface area (TPSA) is 0 Å². The molecule has 1 aliphatic carbocycles. The second kappa shape index (κ2) is 5.03. The lowest BCUT2D eigenvalue weighted by Gasteiger charge is -2.13. The summed E-state index contributed by atoms with van der Waals surface area (Å²) in [5.41, 5.74) is 2.89. The standard InChI is InChI=1S/C14H19Cl/c1-2-3-11-4-6-12(7-5-11)14(10-15)13-8-9-13/h4-7,13-14H,2-3,8-10H2,1H3. The van der Waals surface area contributed by atoms with Crippen molar-refractivity contribution in [2.75, 3.05) is 5.88 Å². The summed E-state index contributed by atoms with van der Waals surface area (Å²) in [4.78, 5) is 0. The lowest BCUT2D eigenvalue weighted by molar-refractivity contribution is 0.670. The van der Waals surface area contributed by atoms with Crippen molar-refractivity contribution in [3.63, 3.8) is 0 Å². The third-order valence-electron chi connectivity index (χ3n) is 3.30. The minimum Gasteiger partial charge on any atom is -0.126 e. The fourth-order valence-electron chi connectivity index (χ4n) is 2.21. The minimum atomic E-state index is 0.599. The van der Waals surface area contributed by atoms with Crippen LogP contribution in [0.25, 0.3) is 0 Å². The van der Waals surface area contributed by atoms with Crippen LogP contribution in [0.3, 0.4) is 0 Å². The van der Waals surface area contributed by atoms with Crippen LogP contribution in [0, 0.1) is 5.92 Å². The van der Waals surface area contributed by atoms with E-state index in [0.29, 0.717) is 5.92 Å². The molecule has 0 N–H and O–H groups in total. The van der Waals surface area contributed by atoms with Crippen LogP contribution in [-0.2, 0) is 6.42 Å². The largest absolute Gasteiger partial charge is 0.126 e. The van der Waals surface area contributed by atoms with Crippen LogP contribution in [0.4, 0.5) is 0 Å². The molecule has 1 aromatic carbocycles. The lowest BCUT2D eigenvalue weighted by Crippen LogP contribution is -2.02. The van der Waals surface area contributed by atoms with Crippen molar-refractivity contribution in [2.45, 2.75) is 38.5 Å². The van der Waals surface area contributed by atoms with E-state index in [1.807, 2.05) is 0 Å². The Morgan fingerprint density at radius 1 is 1.27 bits per heavy atom. The normalized spacial score (nSPS) is 17.7. The second-order valence-electron chi connectivity index (χ2n) is 4.59. The molecule has 1 atom stereocenters. The zero-order chi connectivity index (χ0) is 10.7. The molecule has 0 amide bonds. The third kappa shape index (κ3) is 2.75. The van der Waals surface area contributed by atoms with E-state index in [1.54, 1.807) is 0 Å². The first kappa shape index (κ1) is 11.0. The number of alkyl halides is 1. The lowest BCUT2D eigenvalue weighted by atomic mass is 9.95. The van der Waals surface area contributed by atoms with E-state index >= 15 is 0 Å². The first-order valence-corrected chi connectivity index (χ1v) is 6.53. The van der Waals surface area contributed by atoms with Gasteiger partial charge < -0.3 is 0 Å². The van der Waals surface area contributed by atoms with Crippen molar-refractivity contribution in [3.05, 3.63) is 35.4 Å². The van der Waals surface area contributed by atoms with Gasteiger partial charge in [0.25, 0.3) is 0 Å². The van der Waals surface area contributed by atoms with Crippen molar-refractivity contribution in [2.24, 2.45) is 5.92 Å². The van der Waals surface area contributed by atoms with E-state index in [-0.39, 0.29) is 0 Å². The average molecular weight is 223 g/mol. The molecule has 1 aromatic rings. The monoisotopic (exact) mass is 222 g/mol. The number of hydrogen-bond donors (Lipinski definition) is 0. The third-order valence-corrected chi connectivity index (χ3v) is 3.64. The summed E-state index contributed by atoms with van der Waals surface area (Å²) in [5, 5.41) is 0. The molecule has 0 saturated heterocycles. The summed E-state index contributed by atoms with van der Waals surface area (Å²) >= 11 is 6.04. The summed E-state index contributed by atoms with van der Waals surface area (Å²) in [6, 6.07) is 9.08. The van der Waals surface area contributed by atoms with Crippen LogP contribution in [0.5, 0.6) is 0 Å². The highest BCUT2D eigenvalue weighted by Gasteiger charge is 2.31. The van der Waals surface area contributed by atoms with E-state index in [2.05, 4.69) is 31.2 Å². The van der Waals surface area contributed by atoms with Gasteiger partial charge in [-0.15, -0.1) is 11.6 Å². The highest BCUT2D eigenvalue weighted by atomic mass is 35.5. The Labute approximate surface area is 97.6 Å². The van der Waals surface area contributed by atoms with Gasteiger partial charge in [0, 0.05) is 11.8 Å². The summed E-state index contributed by atoms with van der Waals surface area (Å²) in [5.74, 6) is 2.24. The fourth-order valence-corrected chi connectivity index (χ4v) is 2.64. The van der Waals surface area contributed by atoms with Gasteiger partial charge in [-0.05, 0) is 36.3 Å². The molecule has 0 nitrogen and oxygen atoms in total. The van der Waals surface area contributed by atoms with Gasteiger partial charge in [0.05, 0.1) is 0 Å². The van der Waals surface area contributed by atoms with Crippen LogP contribution in [-0.4, -0.2) is 5.88 Å². The quantitative estimate of drug-likeness (QED) is 0.649. The van der Waals surface area contributed by atoms with Crippen molar-refractivity contribution in [1.82, 2.24) is 0 Å². The molecule has 0 heterocycles. The molecule has 15 heavy (non-hydrogen) atoms. The molecule has 0 spiro atoms. The molecule has 0 aliphatic heterocycles. The van der Waals surface area contributed by atoms with Crippen LogP contribution >= 0.6 is 11.6 Å². The van der Waals surface area contributed by atoms with Gasteiger partial charge in [0.15, 0.2) is 0 Å². The Bertz CT molecular complexity index is 298. The maximum Gasteiger partial charge on any atom is 0.0294 e. The van der Waals surface area contributed by atoms with Crippen molar-refractivity contribution in [1.29, 1.82) is 0 Å². The SMILES string of the molecule is CCCc1ccc(C(CCl)C2CC2)cc1. The molecule has 0 aromatic heterocycles. The molecule has 82 valence electrons. The fraction of sp³-hybridized carbons (Fsp3) is 0.571. The van der Waals surface area contributed by atoms with E-state index in [9.17, 15) is 0 Å². The smallest absolute Gasteiger partial charge is 0.0294 e. The van der Waals surface area contributed by atoms with Crippen LogP contribution < -0.4 is 0 Å². The molecule has 2 rings (SSSR count). The molecule has 1 fully saturated rings. The van der Waals surface area contributed by atoms with Crippen LogP contribution in [0.15, 0.2) is 24.3 Å². The molecule has 1 aliphatic rings. The average Bonchev–Trinajstić information content (AvgIpc) is 3.06. The van der Waals surface area contributed by atoms with Gasteiger partial charge in [0.1, 0.15) is 0 Å². The summed E-state index contributed by atoms with van der Waals surface area (Å²) < 4.78 is 0. The molecule has 1 unspecified atom stereocenters. The molecular weight excluding hydrogens is 204 g/mol. The van der Waals surface area contributed by atoms with Gasteiger partial charge in [-0.25, -0.2) is 0 Å². The number of rotatable bonds is 5. The van der Waals surface area contributed by atoms with Gasteiger partial charge in [0.2, 0.25) is 0 Å². The Hall–Kier alpha value is -0.490. The van der Waals surface area contributed by atoms with Crippen molar-refractivity contribution < 1.29 is 0 Å². The zero-order valence-electron chi connectivity index (χ0n) is 9.38. The van der Waals surface area contributed by atoms with Crippen LogP contribution in [0.1, 0.15) is 43.2 Å². The maximum atomic E-state index is 6.04. The molecule has 1 saturated carbocycles. The number of benzene rings is 1.